The highest BCUT2D eigenvalue weighted by Crippen LogP contribution is 2.47. The van der Waals surface area contributed by atoms with Crippen LogP contribution in [0.4, 0.5) is 11.4 Å². The second kappa shape index (κ2) is 16.0. The van der Waals surface area contributed by atoms with Crippen LogP contribution >= 0.6 is 11.6 Å². The Kier molecular flexibility index (Phi) is 11.6. The van der Waals surface area contributed by atoms with Crippen LogP contribution in [0.2, 0.25) is 5.02 Å². The fraction of sp³-hybridized carbons (Fsp3) is 0.279. The number of phenols is 1. The molecule has 0 aromatic heterocycles. The molecule has 0 spiro atoms. The van der Waals surface area contributed by atoms with Gasteiger partial charge in [0.25, 0.3) is 5.91 Å². The number of benzene rings is 5. The molecule has 5 aromatic rings. The molecule has 0 unspecified atom stereocenters. The second-order valence-electron chi connectivity index (χ2n) is 12.5. The molecule has 5 rings (SSSR count). The van der Waals surface area contributed by atoms with E-state index in [1.165, 1.54) is 0 Å². The maximum absolute atomic E-state index is 14.1. The summed E-state index contributed by atoms with van der Waals surface area (Å²) in [6.45, 7) is 9.91. The molecule has 0 saturated heterocycles. The Hall–Kier alpha value is -4.54. The zero-order valence-corrected chi connectivity index (χ0v) is 29.4. The van der Waals surface area contributed by atoms with Crippen molar-refractivity contribution in [3.8, 4) is 5.75 Å². The quantitative estimate of drug-likeness (QED) is 0.117. The largest absolute Gasteiger partial charge is 0.507 e. The first-order valence-electron chi connectivity index (χ1n) is 17.2. The van der Waals surface area contributed by atoms with Gasteiger partial charge in [0, 0.05) is 18.1 Å². The van der Waals surface area contributed by atoms with Crippen molar-refractivity contribution in [3.05, 3.63) is 159 Å². The van der Waals surface area contributed by atoms with Gasteiger partial charge in [-0.25, -0.2) is 0 Å². The fourth-order valence-corrected chi connectivity index (χ4v) is 7.12. The first-order chi connectivity index (χ1) is 23.4. The third kappa shape index (κ3) is 7.00. The molecule has 48 heavy (non-hydrogen) atoms. The Morgan fingerprint density at radius 1 is 0.729 bits per heavy atom. The normalized spacial score (nSPS) is 11.4. The van der Waals surface area contributed by atoms with Crippen LogP contribution in [0, 0.1) is 6.92 Å². The van der Waals surface area contributed by atoms with E-state index in [4.69, 9.17) is 11.6 Å². The number of nitrogens with zero attached hydrogens (tertiary/aromatic N) is 1. The number of amides is 1. The maximum Gasteiger partial charge on any atom is 0.259 e. The fourth-order valence-electron chi connectivity index (χ4n) is 6.90. The first kappa shape index (κ1) is 34.8. The summed E-state index contributed by atoms with van der Waals surface area (Å²) in [4.78, 5) is 16.5. The number of halogens is 1. The molecule has 0 aliphatic rings. The minimum atomic E-state index is -0.624. The van der Waals surface area contributed by atoms with Crippen LogP contribution in [0.1, 0.15) is 90.2 Å². The van der Waals surface area contributed by atoms with E-state index in [1.54, 1.807) is 13.0 Å². The molecule has 0 bridgehead atoms. The van der Waals surface area contributed by atoms with Gasteiger partial charge >= 0.3 is 0 Å². The van der Waals surface area contributed by atoms with Crippen molar-refractivity contribution in [2.75, 3.05) is 23.3 Å². The standard InChI is InChI=1S/C43H47ClN2O2/c1-5-8-18-32-29-37(44)31(4)40(41(32)47)42(48)45-38-26-25-36(30-39(38)46(27-6-2)28-7-3)43(33-19-12-9-13-20-33,34-21-14-10-15-22-34)35-23-16-11-17-24-35/h9-17,19-26,29-30,47H,5-8,18,27-28H2,1-4H3,(H,45,48). The minimum Gasteiger partial charge on any atom is -0.507 e. The molecule has 248 valence electrons. The van der Waals surface area contributed by atoms with E-state index in [1.807, 2.05) is 6.07 Å². The number of hydrogen-bond donors (Lipinski definition) is 2. The van der Waals surface area contributed by atoms with E-state index in [2.05, 4.69) is 134 Å². The molecule has 0 saturated carbocycles. The van der Waals surface area contributed by atoms with Crippen LogP contribution < -0.4 is 10.2 Å². The average Bonchev–Trinajstić information content (AvgIpc) is 3.11. The van der Waals surface area contributed by atoms with Crippen LogP contribution in [-0.4, -0.2) is 24.1 Å². The lowest BCUT2D eigenvalue weighted by Gasteiger charge is -2.38. The van der Waals surface area contributed by atoms with Gasteiger partial charge < -0.3 is 15.3 Å². The minimum absolute atomic E-state index is 0.0104. The van der Waals surface area contributed by atoms with Crippen LogP contribution in [0.5, 0.6) is 5.75 Å². The van der Waals surface area contributed by atoms with Crippen LogP contribution in [0.3, 0.4) is 0 Å². The van der Waals surface area contributed by atoms with Crippen LogP contribution in [0.15, 0.2) is 115 Å². The average molecular weight is 659 g/mol. The zero-order valence-electron chi connectivity index (χ0n) is 28.6. The predicted molar refractivity (Wildman–Crippen MR) is 202 cm³/mol. The van der Waals surface area contributed by atoms with Crippen molar-refractivity contribution in [2.45, 2.75) is 65.2 Å². The van der Waals surface area contributed by atoms with E-state index in [9.17, 15) is 9.90 Å². The lowest BCUT2D eigenvalue weighted by atomic mass is 9.65. The Bertz CT molecular complexity index is 1700. The van der Waals surface area contributed by atoms with Gasteiger partial charge in [0.1, 0.15) is 5.75 Å². The van der Waals surface area contributed by atoms with E-state index < -0.39 is 5.41 Å². The van der Waals surface area contributed by atoms with Gasteiger partial charge in [-0.1, -0.05) is 136 Å². The number of rotatable bonds is 14. The van der Waals surface area contributed by atoms with E-state index in [0.29, 0.717) is 28.3 Å². The number of anilines is 2. The van der Waals surface area contributed by atoms with E-state index in [0.717, 1.165) is 66.7 Å². The van der Waals surface area contributed by atoms with Gasteiger partial charge in [0.05, 0.1) is 22.4 Å². The van der Waals surface area contributed by atoms with Crippen molar-refractivity contribution in [3.63, 3.8) is 0 Å². The molecule has 0 atom stereocenters. The SMILES string of the molecule is CCCCc1cc(Cl)c(C)c(C(=O)Nc2ccc(C(c3ccccc3)(c3ccccc3)c3ccccc3)cc2N(CCC)CCC)c1O. The molecule has 4 nitrogen and oxygen atoms in total. The number of aromatic hydroxyl groups is 1. The molecule has 0 aliphatic heterocycles. The highest BCUT2D eigenvalue weighted by Gasteiger charge is 2.39. The van der Waals surface area contributed by atoms with Crippen LogP contribution in [0.25, 0.3) is 0 Å². The number of carbonyl (C=O) groups excluding carboxylic acids is 1. The summed E-state index contributed by atoms with van der Waals surface area (Å²) < 4.78 is 0. The summed E-state index contributed by atoms with van der Waals surface area (Å²) in [5.74, 6) is -0.358. The Labute approximate surface area is 291 Å². The zero-order chi connectivity index (χ0) is 34.1. The lowest BCUT2D eigenvalue weighted by Crippen LogP contribution is -2.32. The summed E-state index contributed by atoms with van der Waals surface area (Å²) in [6, 6.07) is 40.2. The molecule has 1 amide bonds. The third-order valence-corrected chi connectivity index (χ3v) is 9.62. The maximum atomic E-state index is 14.1. The molecular formula is C43H47ClN2O2. The highest BCUT2D eigenvalue weighted by molar-refractivity contribution is 6.32. The predicted octanol–water partition coefficient (Wildman–Crippen LogP) is 11.0. The molecular weight excluding hydrogens is 612 g/mol. The molecule has 0 aliphatic carbocycles. The van der Waals surface area contributed by atoms with Gasteiger partial charge in [-0.2, -0.15) is 0 Å². The summed E-state index contributed by atoms with van der Waals surface area (Å²) in [5, 5.41) is 15.0. The molecule has 2 N–H and O–H groups in total. The summed E-state index contributed by atoms with van der Waals surface area (Å²) >= 11 is 6.63. The number of hydrogen-bond acceptors (Lipinski definition) is 3. The first-order valence-corrected chi connectivity index (χ1v) is 17.6. The molecule has 0 heterocycles. The smallest absolute Gasteiger partial charge is 0.259 e. The van der Waals surface area contributed by atoms with Gasteiger partial charge in [0.2, 0.25) is 0 Å². The van der Waals surface area contributed by atoms with Gasteiger partial charge in [-0.3, -0.25) is 4.79 Å². The molecule has 0 radical (unpaired) electrons. The van der Waals surface area contributed by atoms with Crippen molar-refractivity contribution in [1.82, 2.24) is 0 Å². The van der Waals surface area contributed by atoms with Gasteiger partial charge in [-0.05, 0) is 84.2 Å². The number of aryl methyl sites for hydroxylation is 1. The van der Waals surface area contributed by atoms with Crippen LogP contribution in [-0.2, 0) is 11.8 Å². The van der Waals surface area contributed by atoms with Crippen molar-refractivity contribution >= 4 is 28.9 Å². The van der Waals surface area contributed by atoms with E-state index in [-0.39, 0.29) is 17.2 Å². The lowest BCUT2D eigenvalue weighted by molar-refractivity contribution is 0.102. The van der Waals surface area contributed by atoms with E-state index >= 15 is 0 Å². The van der Waals surface area contributed by atoms with Crippen molar-refractivity contribution in [2.24, 2.45) is 0 Å². The number of phenolic OH excluding ortho intramolecular Hbond substituents is 1. The number of carbonyl (C=O) groups is 1. The monoisotopic (exact) mass is 658 g/mol. The third-order valence-electron chi connectivity index (χ3n) is 9.23. The highest BCUT2D eigenvalue weighted by atomic mass is 35.5. The molecule has 5 heteroatoms. The Morgan fingerprint density at radius 3 is 1.73 bits per heavy atom. The summed E-state index contributed by atoms with van der Waals surface area (Å²) in [7, 11) is 0. The Balaban J connectivity index is 1.74. The number of unbranched alkanes of at least 4 members (excludes halogenated alkanes) is 1. The summed E-state index contributed by atoms with van der Waals surface area (Å²) in [5.41, 5.74) is 7.08. The topological polar surface area (TPSA) is 52.6 Å². The van der Waals surface area contributed by atoms with Gasteiger partial charge in [-0.15, -0.1) is 0 Å². The Morgan fingerprint density at radius 2 is 1.25 bits per heavy atom. The molecule has 0 fully saturated rings. The van der Waals surface area contributed by atoms with Gasteiger partial charge in [0.15, 0.2) is 0 Å². The second-order valence-corrected chi connectivity index (χ2v) is 12.9. The molecule has 5 aromatic carbocycles. The summed E-state index contributed by atoms with van der Waals surface area (Å²) in [6.07, 6.45) is 4.43. The van der Waals surface area contributed by atoms with Crippen molar-refractivity contribution < 1.29 is 9.90 Å². The number of nitrogens with one attached hydrogen (secondary N) is 1. The van der Waals surface area contributed by atoms with Crippen molar-refractivity contribution in [1.29, 1.82) is 0 Å².